The van der Waals surface area contributed by atoms with E-state index in [2.05, 4.69) is 30.2 Å². The van der Waals surface area contributed by atoms with Crippen molar-refractivity contribution in [2.45, 2.75) is 13.8 Å². The fourth-order valence-corrected chi connectivity index (χ4v) is 2.52. The lowest BCUT2D eigenvalue weighted by molar-refractivity contribution is -0.112. The lowest BCUT2D eigenvalue weighted by Gasteiger charge is -1.94. The van der Waals surface area contributed by atoms with Gasteiger partial charge in [0.1, 0.15) is 5.65 Å². The summed E-state index contributed by atoms with van der Waals surface area (Å²) in [6.07, 6.45) is 1.68. The maximum Gasteiger partial charge on any atom is 0.300 e. The molecule has 0 aliphatic carbocycles. The van der Waals surface area contributed by atoms with Crippen LogP contribution in [0.1, 0.15) is 11.3 Å². The van der Waals surface area contributed by atoms with Crippen LogP contribution in [-0.2, 0) is 4.79 Å². The molecular weight excluding hydrogens is 308 g/mol. The van der Waals surface area contributed by atoms with E-state index in [1.54, 1.807) is 18.3 Å². The molecule has 0 saturated carbocycles. The Kier molecular flexibility index (Phi) is 2.99. The summed E-state index contributed by atoms with van der Waals surface area (Å²) in [5.74, 6) is -0.655. The Labute approximate surface area is 135 Å². The third-order valence-electron chi connectivity index (χ3n) is 3.67. The first-order valence-corrected chi connectivity index (χ1v) is 7.23. The zero-order valence-corrected chi connectivity index (χ0v) is 12.9. The van der Waals surface area contributed by atoms with Crippen LogP contribution in [0.15, 0.2) is 39.6 Å². The number of aromatic nitrogens is 3. The third kappa shape index (κ3) is 2.16. The predicted molar refractivity (Wildman–Crippen MR) is 85.2 cm³/mol. The average Bonchev–Trinajstić information content (AvgIpc) is 3.00. The second kappa shape index (κ2) is 5.05. The number of fused-ring (bicyclic) bond motifs is 2. The number of H-pyrrole nitrogens is 1. The van der Waals surface area contributed by atoms with E-state index in [-0.39, 0.29) is 17.3 Å². The first-order valence-electron chi connectivity index (χ1n) is 7.23. The molecule has 0 aromatic carbocycles. The number of amides is 1. The lowest BCUT2D eigenvalue weighted by atomic mass is 10.2. The van der Waals surface area contributed by atoms with Crippen molar-refractivity contribution < 1.29 is 9.90 Å². The number of carbonyl (C=O) groups is 1. The number of aryl methyl sites for hydroxylation is 2. The SMILES string of the molecule is Cc1cnc2[nH]c(O)c(N=NC3=c4ccc(C)nc4=NC3=O)c2c1. The fourth-order valence-electron chi connectivity index (χ4n) is 2.52. The van der Waals surface area contributed by atoms with Crippen LogP contribution in [-0.4, -0.2) is 26.0 Å². The summed E-state index contributed by atoms with van der Waals surface area (Å²) in [7, 11) is 0. The highest BCUT2D eigenvalue weighted by molar-refractivity contribution is 6.14. The van der Waals surface area contributed by atoms with Crippen LogP contribution in [0.5, 0.6) is 5.88 Å². The highest BCUT2D eigenvalue weighted by Crippen LogP contribution is 2.35. The normalized spacial score (nSPS) is 13.8. The van der Waals surface area contributed by atoms with Crippen molar-refractivity contribution in [3.63, 3.8) is 0 Å². The number of aromatic hydroxyl groups is 1. The fraction of sp³-hybridized carbons (Fsp3) is 0.125. The zero-order valence-electron chi connectivity index (χ0n) is 12.9. The van der Waals surface area contributed by atoms with E-state index in [0.29, 0.717) is 21.7 Å². The van der Waals surface area contributed by atoms with E-state index < -0.39 is 5.91 Å². The molecule has 4 heterocycles. The van der Waals surface area contributed by atoms with Gasteiger partial charge in [0.05, 0.1) is 10.6 Å². The van der Waals surface area contributed by atoms with Crippen LogP contribution in [0, 0.1) is 13.8 Å². The number of nitrogens with one attached hydrogen (secondary N) is 1. The molecule has 3 aromatic heterocycles. The van der Waals surface area contributed by atoms with Gasteiger partial charge in [0.25, 0.3) is 5.91 Å². The average molecular weight is 320 g/mol. The number of rotatable bonds is 2. The molecule has 8 heteroatoms. The molecule has 8 nitrogen and oxygen atoms in total. The van der Waals surface area contributed by atoms with Gasteiger partial charge in [-0.25, -0.2) is 9.97 Å². The summed E-state index contributed by atoms with van der Waals surface area (Å²) in [5.41, 5.74) is 2.86. The highest BCUT2D eigenvalue weighted by atomic mass is 16.3. The topological polar surface area (TPSA) is 116 Å². The van der Waals surface area contributed by atoms with Gasteiger partial charge in [0, 0.05) is 11.9 Å². The number of hydrogen-bond acceptors (Lipinski definition) is 6. The minimum atomic E-state index is -0.500. The Morgan fingerprint density at radius 2 is 2.04 bits per heavy atom. The van der Waals surface area contributed by atoms with Gasteiger partial charge in [0.15, 0.2) is 16.9 Å². The van der Waals surface area contributed by atoms with E-state index in [4.69, 9.17) is 0 Å². The van der Waals surface area contributed by atoms with Gasteiger partial charge in [0.2, 0.25) is 5.88 Å². The molecule has 0 unspecified atom stereocenters. The van der Waals surface area contributed by atoms with E-state index in [0.717, 1.165) is 11.3 Å². The maximum absolute atomic E-state index is 12.0. The van der Waals surface area contributed by atoms with Crippen molar-refractivity contribution in [2.24, 2.45) is 15.2 Å². The van der Waals surface area contributed by atoms with Crippen molar-refractivity contribution in [1.29, 1.82) is 0 Å². The molecular formula is C16H12N6O2. The first kappa shape index (κ1) is 14.2. The maximum atomic E-state index is 12.0. The molecule has 24 heavy (non-hydrogen) atoms. The summed E-state index contributed by atoms with van der Waals surface area (Å²) in [6, 6.07) is 5.34. The number of azo groups is 1. The van der Waals surface area contributed by atoms with Crippen LogP contribution in [0.25, 0.3) is 16.7 Å². The van der Waals surface area contributed by atoms with E-state index >= 15 is 0 Å². The molecule has 3 aromatic rings. The van der Waals surface area contributed by atoms with Crippen molar-refractivity contribution in [3.05, 3.63) is 46.4 Å². The summed E-state index contributed by atoms with van der Waals surface area (Å²) < 4.78 is 0. The summed E-state index contributed by atoms with van der Waals surface area (Å²) >= 11 is 0. The Balaban J connectivity index is 1.87. The Morgan fingerprint density at radius 3 is 2.88 bits per heavy atom. The van der Waals surface area contributed by atoms with Gasteiger partial charge < -0.3 is 10.1 Å². The lowest BCUT2D eigenvalue weighted by Crippen LogP contribution is -2.26. The molecule has 0 atom stereocenters. The molecule has 0 spiro atoms. The number of carbonyl (C=O) groups excluding carboxylic acids is 1. The number of hydrogen-bond donors (Lipinski definition) is 2. The van der Waals surface area contributed by atoms with Gasteiger partial charge in [-0.15, -0.1) is 10.2 Å². The number of pyridine rings is 2. The summed E-state index contributed by atoms with van der Waals surface area (Å²) in [6.45, 7) is 3.70. The van der Waals surface area contributed by atoms with Crippen LogP contribution in [0.4, 0.5) is 5.69 Å². The van der Waals surface area contributed by atoms with Crippen molar-refractivity contribution in [3.8, 4) is 5.88 Å². The molecule has 118 valence electrons. The van der Waals surface area contributed by atoms with Gasteiger partial charge in [-0.2, -0.15) is 4.99 Å². The minimum Gasteiger partial charge on any atom is -0.493 e. The highest BCUT2D eigenvalue weighted by Gasteiger charge is 2.18. The smallest absolute Gasteiger partial charge is 0.300 e. The summed E-state index contributed by atoms with van der Waals surface area (Å²) in [4.78, 5) is 27.0. The van der Waals surface area contributed by atoms with E-state index in [9.17, 15) is 9.90 Å². The molecule has 0 radical (unpaired) electrons. The van der Waals surface area contributed by atoms with Gasteiger partial charge in [-0.3, -0.25) is 4.79 Å². The standard InChI is InChI=1S/C16H12N6O2/c1-7-5-10-12(16(24)19-13(10)17-6-7)22-21-11-9-4-3-8(2)18-14(9)20-15(11)23/h3-6,24H,1-2H3,(H,17,19). The van der Waals surface area contributed by atoms with Gasteiger partial charge >= 0.3 is 0 Å². The van der Waals surface area contributed by atoms with Gasteiger partial charge in [-0.05, 0) is 37.6 Å². The Morgan fingerprint density at radius 1 is 1.21 bits per heavy atom. The molecule has 0 fully saturated rings. The molecule has 0 saturated heterocycles. The monoisotopic (exact) mass is 320 g/mol. The summed E-state index contributed by atoms with van der Waals surface area (Å²) in [5, 5.41) is 19.2. The van der Waals surface area contributed by atoms with Gasteiger partial charge in [-0.1, -0.05) is 0 Å². The molecule has 1 aliphatic rings. The van der Waals surface area contributed by atoms with Crippen molar-refractivity contribution >= 4 is 28.3 Å². The second-order valence-corrected chi connectivity index (χ2v) is 5.52. The van der Waals surface area contributed by atoms with Crippen molar-refractivity contribution in [1.82, 2.24) is 15.0 Å². The molecule has 1 amide bonds. The zero-order chi connectivity index (χ0) is 16.8. The quantitative estimate of drug-likeness (QED) is 0.693. The third-order valence-corrected chi connectivity index (χ3v) is 3.67. The molecule has 2 N–H and O–H groups in total. The number of nitrogens with zero attached hydrogens (tertiary/aromatic N) is 5. The Bertz CT molecular complexity index is 1160. The number of aromatic amines is 1. The molecule has 0 bridgehead atoms. The largest absolute Gasteiger partial charge is 0.493 e. The molecule has 4 rings (SSSR count). The van der Waals surface area contributed by atoms with Crippen LogP contribution >= 0.6 is 0 Å². The minimum absolute atomic E-state index is 0.104. The van der Waals surface area contributed by atoms with Crippen LogP contribution < -0.4 is 10.7 Å². The molecule has 1 aliphatic heterocycles. The van der Waals surface area contributed by atoms with Crippen LogP contribution in [0.2, 0.25) is 0 Å². The van der Waals surface area contributed by atoms with Crippen LogP contribution in [0.3, 0.4) is 0 Å². The predicted octanol–water partition coefficient (Wildman–Crippen LogP) is 1.33. The van der Waals surface area contributed by atoms with E-state index in [1.165, 1.54) is 0 Å². The van der Waals surface area contributed by atoms with Crippen molar-refractivity contribution in [2.75, 3.05) is 0 Å². The second-order valence-electron chi connectivity index (χ2n) is 5.52. The van der Waals surface area contributed by atoms with E-state index in [1.807, 2.05) is 19.9 Å². The first-order chi connectivity index (χ1) is 11.5. The Hall–Kier alpha value is -3.42.